The van der Waals surface area contributed by atoms with Gasteiger partial charge in [0.1, 0.15) is 104 Å². The Kier molecular flexibility index (Phi) is 46.2. The molecule has 12 bridgehead atoms. The predicted molar refractivity (Wildman–Crippen MR) is 458 cm³/mol. The number of rotatable bonds is 32. The average Bonchev–Trinajstić information content (AvgIpc) is 0.900. The van der Waals surface area contributed by atoms with E-state index >= 15 is 0 Å². The van der Waals surface area contributed by atoms with Crippen LogP contribution in [0.4, 0.5) is 0 Å². The van der Waals surface area contributed by atoms with Crippen molar-refractivity contribution in [3.8, 4) is 0 Å². The Balaban J connectivity index is 0.000000259. The third kappa shape index (κ3) is 37.7. The van der Waals surface area contributed by atoms with Crippen molar-refractivity contribution in [2.45, 2.75) is 321 Å². The lowest BCUT2D eigenvalue weighted by Gasteiger charge is -2.59. The average molecular weight is 1800 g/mol. The Morgan fingerprint density at radius 2 is 0.476 bits per heavy atom. The van der Waals surface area contributed by atoms with Crippen molar-refractivity contribution >= 4 is 71.6 Å². The summed E-state index contributed by atoms with van der Waals surface area (Å²) in [6.07, 6.45) is 33.7. The molecule has 0 aromatic heterocycles. The van der Waals surface area contributed by atoms with Gasteiger partial charge in [-0.3, -0.25) is 4.79 Å². The van der Waals surface area contributed by atoms with E-state index in [0.717, 1.165) is 106 Å². The van der Waals surface area contributed by atoms with Crippen LogP contribution in [-0.2, 0) is 152 Å². The van der Waals surface area contributed by atoms with E-state index < -0.39 is 53.0 Å². The van der Waals surface area contributed by atoms with E-state index in [1.165, 1.54) is 165 Å². The van der Waals surface area contributed by atoms with Crippen molar-refractivity contribution < 1.29 is 152 Å². The minimum atomic E-state index is -0.585. The first-order valence-electron chi connectivity index (χ1n) is 45.7. The van der Waals surface area contributed by atoms with Gasteiger partial charge >= 0.3 is 71.6 Å². The highest BCUT2D eigenvalue weighted by Gasteiger charge is 2.60. The monoisotopic (exact) mass is 1800 g/mol. The Morgan fingerprint density at radius 3 is 0.762 bits per heavy atom. The van der Waals surface area contributed by atoms with E-state index in [1.54, 1.807) is 27.9 Å². The minimum Gasteiger partial charge on any atom is -0.463 e. The Hall–Kier alpha value is -6.68. The van der Waals surface area contributed by atoms with E-state index in [-0.39, 0.29) is 149 Å². The Morgan fingerprint density at radius 1 is 0.254 bits per heavy atom. The van der Waals surface area contributed by atoms with Crippen molar-refractivity contribution in [3.63, 3.8) is 0 Å². The van der Waals surface area contributed by atoms with Crippen LogP contribution in [0.25, 0.3) is 0 Å². The molecule has 15 aliphatic rings. The van der Waals surface area contributed by atoms with E-state index in [9.17, 15) is 57.5 Å². The fourth-order valence-electron chi connectivity index (χ4n) is 21.3. The summed E-state index contributed by atoms with van der Waals surface area (Å²) in [6.45, 7) is 21.8. The van der Waals surface area contributed by atoms with Gasteiger partial charge in [0.15, 0.2) is 19.8 Å². The molecule has 15 aliphatic carbocycles. The summed E-state index contributed by atoms with van der Waals surface area (Å²) in [6, 6.07) is 0. The first kappa shape index (κ1) is 110. The molecule has 0 spiro atoms. The second kappa shape index (κ2) is 53.0. The first-order chi connectivity index (χ1) is 59.4. The minimum absolute atomic E-state index is 0.0251. The van der Waals surface area contributed by atoms with Gasteiger partial charge in [-0.25, -0.2) is 52.7 Å². The number of carbonyl (C=O) groups is 12. The van der Waals surface area contributed by atoms with E-state index in [4.69, 9.17) is 56.8 Å². The third-order valence-electron chi connectivity index (χ3n) is 26.6. The van der Waals surface area contributed by atoms with Crippen LogP contribution in [0.2, 0.25) is 0 Å². The molecule has 126 heavy (non-hydrogen) atoms. The topological polar surface area (TPSA) is 389 Å². The third-order valence-corrected chi connectivity index (χ3v) is 26.6. The van der Waals surface area contributed by atoms with Gasteiger partial charge in [0.05, 0.1) is 6.42 Å². The van der Waals surface area contributed by atoms with Gasteiger partial charge in [0.25, 0.3) is 0 Å². The zero-order chi connectivity index (χ0) is 93.7. The molecule has 0 aromatic carbocycles. The fourth-order valence-corrected chi connectivity index (χ4v) is 21.3. The normalized spacial score (nSPS) is 28.5. The zero-order valence-corrected chi connectivity index (χ0v) is 79.7. The molecular formula is C94H156O32. The SMILES string of the molecule is CCC1(OC(=O)COC)CCCCC1.COCC(=O)OC(C)(C)C.COCC(=O)OC1(C)C2CC3CC(C2)CC1C3.COCC(=O)OC1(C)CCCC1.COCC(=O)OCC(=O)OC(C)(C)C.COCC(=O)OCC(=O)OC1(C)C2CC3CC(C2)CC1C3.COCC(=O)OCC(=O)OC1(C)CCCC1.COCC(=O)OCCC(=O)OC1(C)C2CC3CC(C2)CC1C3. The molecule has 0 atom stereocenters. The molecular weight excluding hydrogens is 1640 g/mol. The van der Waals surface area contributed by atoms with Gasteiger partial charge in [0, 0.05) is 56.9 Å². The fraction of sp³-hybridized carbons (Fsp3) is 0.872. The van der Waals surface area contributed by atoms with Gasteiger partial charge in [-0.1, -0.05) is 13.3 Å². The van der Waals surface area contributed by atoms with Crippen LogP contribution in [-0.4, -0.2) is 253 Å². The summed E-state index contributed by atoms with van der Waals surface area (Å²) in [5.41, 5.74) is -2.61. The number of hydrogen-bond acceptors (Lipinski definition) is 32. The van der Waals surface area contributed by atoms with Crippen LogP contribution < -0.4 is 0 Å². The van der Waals surface area contributed by atoms with Crippen LogP contribution >= 0.6 is 0 Å². The summed E-state index contributed by atoms with van der Waals surface area (Å²) in [5.74, 6) is 3.51. The quantitative estimate of drug-likeness (QED) is 0.0446. The van der Waals surface area contributed by atoms with Crippen molar-refractivity contribution in [2.24, 2.45) is 71.0 Å². The van der Waals surface area contributed by atoms with Crippen LogP contribution in [0.15, 0.2) is 0 Å². The maximum absolute atomic E-state index is 12.1. The molecule has 32 nitrogen and oxygen atoms in total. The number of carbonyl (C=O) groups excluding carboxylic acids is 12. The van der Waals surface area contributed by atoms with Crippen LogP contribution in [0, 0.1) is 71.0 Å². The lowest BCUT2D eigenvalue weighted by molar-refractivity contribution is -0.207. The standard InChI is InChI=1S/C17H26O5.C16H24O5.C14H22O3.C11H18O5.C11H20O3.C9H16O5.C9H16O3.C7H14O3/c1-17(22-15(18)3-4-21-16(19)10-20-2)13-6-11-5-12(8-13)9-14(17)7-11;1-16(21-15(18)9-20-14(17)8-19-2)12-4-10-3-11(6-12)7-13(16)5-10;1-14(17-13(15)8-16-2)11-4-9-3-10(6-11)7-12(14)5-9;1-11(5-3-4-6-11)16-10(13)8-15-9(12)7-14-2;1-3-11(7-5-4-6-8-11)14-10(12)9-13-2;1-9(2,3)14-8(11)6-13-7(10)5-12-4;1-9(5-3-4-6-9)12-8(10)7-11-2;1-7(2,3)10-6(8)5-9-4/h11-14H,3-10H2,1-2H3;10-13H,3-9H2,1-2H3;9-12H,3-8H2,1-2H3;3-8H2,1-2H3;3-9H2,1-2H3;5-6H2,1-4H3;3-7H2,1-2H3;5H2,1-4H3. The zero-order valence-electron chi connectivity index (χ0n) is 79.7. The van der Waals surface area contributed by atoms with E-state index in [1.807, 2.05) is 34.6 Å². The first-order valence-corrected chi connectivity index (χ1v) is 45.7. The number of hydrogen-bond donors (Lipinski definition) is 0. The lowest BCUT2D eigenvalue weighted by atomic mass is 9.50. The van der Waals surface area contributed by atoms with Crippen molar-refractivity contribution in [1.82, 2.24) is 0 Å². The van der Waals surface area contributed by atoms with E-state index in [2.05, 4.69) is 65.6 Å². The molecule has 0 amide bonds. The molecule has 0 aliphatic heterocycles. The summed E-state index contributed by atoms with van der Waals surface area (Å²) in [7, 11) is 11.6. The molecule has 32 heteroatoms. The number of methoxy groups -OCH3 is 8. The summed E-state index contributed by atoms with van der Waals surface area (Å²) in [5, 5.41) is 0. The molecule has 0 unspecified atom stereocenters. The van der Waals surface area contributed by atoms with Gasteiger partial charge in [-0.05, 0) is 327 Å². The lowest BCUT2D eigenvalue weighted by Crippen LogP contribution is -2.58. The summed E-state index contributed by atoms with van der Waals surface area (Å²) >= 11 is 0. The molecule has 0 heterocycles. The van der Waals surface area contributed by atoms with Crippen LogP contribution in [0.3, 0.4) is 0 Å². The molecule has 0 N–H and O–H groups in total. The largest absolute Gasteiger partial charge is 0.463 e. The molecule has 0 radical (unpaired) electrons. The Bertz CT molecular complexity index is 3300. The van der Waals surface area contributed by atoms with Gasteiger partial charge in [0.2, 0.25) is 0 Å². The number of esters is 12. The van der Waals surface area contributed by atoms with Gasteiger partial charge < -0.3 is 94.7 Å². The maximum Gasteiger partial charge on any atom is 0.344 e. The highest BCUT2D eigenvalue weighted by atomic mass is 16.6. The second-order valence-electron chi connectivity index (χ2n) is 39.3. The smallest absolute Gasteiger partial charge is 0.344 e. The number of ether oxygens (including phenoxy) is 20. The maximum atomic E-state index is 12.1. The van der Waals surface area contributed by atoms with Crippen molar-refractivity contribution in [2.75, 3.05) is 136 Å². The van der Waals surface area contributed by atoms with E-state index in [0.29, 0.717) is 35.5 Å². The van der Waals surface area contributed by atoms with Gasteiger partial charge in [-0.2, -0.15) is 0 Å². The molecule has 15 rings (SSSR count). The predicted octanol–water partition coefficient (Wildman–Crippen LogP) is 13.0. The molecule has 15 fully saturated rings. The molecule has 15 saturated carbocycles. The van der Waals surface area contributed by atoms with Crippen molar-refractivity contribution in [1.29, 1.82) is 0 Å². The summed E-state index contributed by atoms with van der Waals surface area (Å²) < 4.78 is 99.6. The highest BCUT2D eigenvalue weighted by molar-refractivity contribution is 5.79. The highest BCUT2D eigenvalue weighted by Crippen LogP contribution is 2.62. The van der Waals surface area contributed by atoms with Crippen LogP contribution in [0.1, 0.15) is 276 Å². The molecule has 0 saturated heterocycles. The molecule has 0 aromatic rings. The van der Waals surface area contributed by atoms with Crippen molar-refractivity contribution in [3.05, 3.63) is 0 Å². The van der Waals surface area contributed by atoms with Gasteiger partial charge in [-0.15, -0.1) is 0 Å². The second-order valence-corrected chi connectivity index (χ2v) is 39.3. The Labute approximate surface area is 748 Å². The molecule has 724 valence electrons. The summed E-state index contributed by atoms with van der Waals surface area (Å²) in [4.78, 5) is 135. The van der Waals surface area contributed by atoms with Crippen LogP contribution in [0.5, 0.6) is 0 Å².